The summed E-state index contributed by atoms with van der Waals surface area (Å²) >= 11 is 0. The predicted molar refractivity (Wildman–Crippen MR) is 114 cm³/mol. The van der Waals surface area contributed by atoms with Gasteiger partial charge in [-0.3, -0.25) is 0 Å². The number of carbonyl (C=O) groups is 2. The summed E-state index contributed by atoms with van der Waals surface area (Å²) in [6.45, 7) is 5.68. The Kier molecular flexibility index (Phi) is 7.03. The summed E-state index contributed by atoms with van der Waals surface area (Å²) in [5.74, 6) is 0. The normalized spacial score (nSPS) is 21.5. The summed E-state index contributed by atoms with van der Waals surface area (Å²) in [7, 11) is 0. The van der Waals surface area contributed by atoms with Crippen molar-refractivity contribution >= 4 is 12.2 Å². The lowest BCUT2D eigenvalue weighted by molar-refractivity contribution is 0.0464. The van der Waals surface area contributed by atoms with Crippen molar-refractivity contribution in [3.8, 4) is 0 Å². The third-order valence-electron chi connectivity index (χ3n) is 5.09. The average Bonchev–Trinajstić information content (AvgIpc) is 3.22. The van der Waals surface area contributed by atoms with Crippen molar-refractivity contribution in [2.45, 2.75) is 70.4 Å². The molecule has 7 heteroatoms. The van der Waals surface area contributed by atoms with E-state index in [4.69, 9.17) is 9.47 Å². The molecule has 2 N–H and O–H groups in total. The molecule has 2 amide bonds. The molecule has 1 aromatic carbocycles. The van der Waals surface area contributed by atoms with Crippen LogP contribution in [0.4, 0.5) is 9.59 Å². The molecule has 1 saturated carbocycles. The topological polar surface area (TPSA) is 81.6 Å². The van der Waals surface area contributed by atoms with E-state index < -0.39 is 17.8 Å². The highest BCUT2D eigenvalue weighted by Crippen LogP contribution is 2.29. The number of nitrogens with one attached hydrogen (secondary N) is 2. The van der Waals surface area contributed by atoms with Gasteiger partial charge in [0.2, 0.25) is 0 Å². The van der Waals surface area contributed by atoms with Gasteiger partial charge >= 0.3 is 12.2 Å². The molecule has 162 valence electrons. The Labute approximate surface area is 177 Å². The van der Waals surface area contributed by atoms with E-state index in [0.29, 0.717) is 6.42 Å². The van der Waals surface area contributed by atoms with Crippen LogP contribution in [0.3, 0.4) is 0 Å². The van der Waals surface area contributed by atoms with Gasteiger partial charge in [-0.05, 0) is 57.7 Å². The Bertz CT molecular complexity index is 815. The third kappa shape index (κ3) is 6.54. The maximum Gasteiger partial charge on any atom is 0.407 e. The number of aromatic nitrogens is 1. The van der Waals surface area contributed by atoms with Gasteiger partial charge in [0.05, 0.1) is 12.1 Å². The van der Waals surface area contributed by atoms with Gasteiger partial charge in [0, 0.05) is 18.4 Å². The van der Waals surface area contributed by atoms with E-state index in [0.717, 1.165) is 18.4 Å². The second kappa shape index (κ2) is 9.69. The molecule has 3 unspecified atom stereocenters. The molecule has 1 heterocycles. The molecule has 1 fully saturated rings. The zero-order valence-electron chi connectivity index (χ0n) is 17.8. The van der Waals surface area contributed by atoms with Gasteiger partial charge in [0.15, 0.2) is 0 Å². The van der Waals surface area contributed by atoms with Crippen LogP contribution < -0.4 is 10.6 Å². The standard InChI is InChI=1S/C23H31N3O4/c1-23(2,3)30-22(28)25-20-15-18(26-13-7-8-14-26)11-12-19(20)24-21(27)29-16-17-9-5-4-6-10-17/h4-10,13-14,18-20H,11-12,15-16H2,1-3H3,(H,24,27)(H,25,28). The fourth-order valence-corrected chi connectivity index (χ4v) is 3.72. The van der Waals surface area contributed by atoms with Crippen molar-refractivity contribution in [3.05, 3.63) is 60.4 Å². The van der Waals surface area contributed by atoms with E-state index in [-0.39, 0.29) is 24.7 Å². The highest BCUT2D eigenvalue weighted by Gasteiger charge is 2.34. The molecule has 1 aromatic heterocycles. The van der Waals surface area contributed by atoms with Crippen LogP contribution in [0.2, 0.25) is 0 Å². The minimum absolute atomic E-state index is 0.204. The summed E-state index contributed by atoms with van der Waals surface area (Å²) < 4.78 is 12.9. The summed E-state index contributed by atoms with van der Waals surface area (Å²) in [6.07, 6.45) is 5.39. The number of alkyl carbamates (subject to hydrolysis) is 2. The minimum atomic E-state index is -0.587. The maximum atomic E-state index is 12.4. The van der Waals surface area contributed by atoms with E-state index in [1.807, 2.05) is 75.6 Å². The monoisotopic (exact) mass is 413 g/mol. The first kappa shape index (κ1) is 21.7. The largest absolute Gasteiger partial charge is 0.445 e. The number of benzene rings is 1. The smallest absolute Gasteiger partial charge is 0.407 e. The highest BCUT2D eigenvalue weighted by molar-refractivity contribution is 5.70. The van der Waals surface area contributed by atoms with Crippen molar-refractivity contribution in [1.82, 2.24) is 15.2 Å². The van der Waals surface area contributed by atoms with Gasteiger partial charge in [-0.1, -0.05) is 30.3 Å². The van der Waals surface area contributed by atoms with Gasteiger partial charge in [-0.2, -0.15) is 0 Å². The van der Waals surface area contributed by atoms with Crippen molar-refractivity contribution in [3.63, 3.8) is 0 Å². The van der Waals surface area contributed by atoms with Crippen LogP contribution in [0.15, 0.2) is 54.9 Å². The zero-order valence-corrected chi connectivity index (χ0v) is 17.8. The summed E-state index contributed by atoms with van der Waals surface area (Å²) in [4.78, 5) is 24.8. The molecule has 3 rings (SSSR count). The molecule has 0 radical (unpaired) electrons. The van der Waals surface area contributed by atoms with Crippen LogP contribution in [-0.4, -0.2) is 34.4 Å². The lowest BCUT2D eigenvalue weighted by Crippen LogP contribution is -2.55. The zero-order chi connectivity index (χ0) is 21.6. The molecule has 30 heavy (non-hydrogen) atoms. The lowest BCUT2D eigenvalue weighted by Gasteiger charge is -2.37. The quantitative estimate of drug-likeness (QED) is 0.761. The Morgan fingerprint density at radius 3 is 2.30 bits per heavy atom. The van der Waals surface area contributed by atoms with Crippen molar-refractivity contribution < 1.29 is 19.1 Å². The second-order valence-electron chi connectivity index (χ2n) is 8.66. The number of carbonyl (C=O) groups excluding carboxylic acids is 2. The summed E-state index contributed by atoms with van der Waals surface area (Å²) in [5.41, 5.74) is 0.336. The van der Waals surface area contributed by atoms with E-state index in [2.05, 4.69) is 15.2 Å². The highest BCUT2D eigenvalue weighted by atomic mass is 16.6. The molecular weight excluding hydrogens is 382 g/mol. The van der Waals surface area contributed by atoms with Gasteiger partial charge in [0.1, 0.15) is 12.2 Å². The predicted octanol–water partition coefficient (Wildman–Crippen LogP) is 4.40. The first-order valence-corrected chi connectivity index (χ1v) is 10.4. The first-order chi connectivity index (χ1) is 14.3. The van der Waals surface area contributed by atoms with E-state index in [1.165, 1.54) is 0 Å². The fraction of sp³-hybridized carbons (Fsp3) is 0.478. The molecule has 0 saturated heterocycles. The summed E-state index contributed by atoms with van der Waals surface area (Å²) in [6, 6.07) is 13.3. The van der Waals surface area contributed by atoms with Crippen LogP contribution >= 0.6 is 0 Å². The van der Waals surface area contributed by atoms with Gasteiger partial charge < -0.3 is 24.7 Å². The lowest BCUT2D eigenvalue weighted by atomic mass is 9.86. The van der Waals surface area contributed by atoms with Crippen LogP contribution in [0.5, 0.6) is 0 Å². The first-order valence-electron chi connectivity index (χ1n) is 10.4. The van der Waals surface area contributed by atoms with E-state index in [9.17, 15) is 9.59 Å². The Morgan fingerprint density at radius 2 is 1.63 bits per heavy atom. The minimum Gasteiger partial charge on any atom is -0.445 e. The molecule has 3 atom stereocenters. The Morgan fingerprint density at radius 1 is 0.967 bits per heavy atom. The van der Waals surface area contributed by atoms with Gasteiger partial charge in [-0.15, -0.1) is 0 Å². The number of ether oxygens (including phenoxy) is 2. The van der Waals surface area contributed by atoms with Crippen molar-refractivity contribution in [1.29, 1.82) is 0 Å². The van der Waals surface area contributed by atoms with Crippen molar-refractivity contribution in [2.24, 2.45) is 0 Å². The number of hydrogen-bond donors (Lipinski definition) is 2. The van der Waals surface area contributed by atoms with E-state index >= 15 is 0 Å². The number of amides is 2. The van der Waals surface area contributed by atoms with Crippen LogP contribution in [0.1, 0.15) is 51.6 Å². The molecule has 1 aliphatic rings. The number of nitrogens with zero attached hydrogens (tertiary/aromatic N) is 1. The molecule has 0 bridgehead atoms. The number of rotatable bonds is 5. The number of hydrogen-bond acceptors (Lipinski definition) is 4. The molecule has 0 spiro atoms. The average molecular weight is 414 g/mol. The summed E-state index contributed by atoms with van der Waals surface area (Å²) in [5, 5.41) is 5.88. The maximum absolute atomic E-state index is 12.4. The third-order valence-corrected chi connectivity index (χ3v) is 5.09. The van der Waals surface area contributed by atoms with Gasteiger partial charge in [0.25, 0.3) is 0 Å². The molecule has 7 nitrogen and oxygen atoms in total. The molecular formula is C23H31N3O4. The van der Waals surface area contributed by atoms with E-state index in [1.54, 1.807) is 0 Å². The molecule has 0 aliphatic heterocycles. The van der Waals surface area contributed by atoms with Crippen molar-refractivity contribution in [2.75, 3.05) is 0 Å². The van der Waals surface area contributed by atoms with Crippen LogP contribution in [0, 0.1) is 0 Å². The Hall–Kier alpha value is -2.96. The molecule has 1 aliphatic carbocycles. The molecule has 2 aromatic rings. The van der Waals surface area contributed by atoms with Crippen LogP contribution in [-0.2, 0) is 16.1 Å². The van der Waals surface area contributed by atoms with Crippen LogP contribution in [0.25, 0.3) is 0 Å². The second-order valence-corrected chi connectivity index (χ2v) is 8.66. The Balaban J connectivity index is 1.61. The SMILES string of the molecule is CC(C)(C)OC(=O)NC1CC(n2cccc2)CCC1NC(=O)OCc1ccccc1. The van der Waals surface area contributed by atoms with Gasteiger partial charge in [-0.25, -0.2) is 9.59 Å². The fourth-order valence-electron chi connectivity index (χ4n) is 3.72.